The van der Waals surface area contributed by atoms with E-state index in [-0.39, 0.29) is 6.04 Å². The molecule has 0 fully saturated rings. The number of methoxy groups -OCH3 is 1. The number of nitrogens with zero attached hydrogens (tertiary/aromatic N) is 2. The second kappa shape index (κ2) is 5.64. The standard InChI is InChI=1S/C13H17N3O2/c1-9(11-4-6-12(17-3)7-5-11)14-8-13-10(2)15-18-16-13/h4-7,9,14H,8H2,1-3H3/t9-/m1/s1. The zero-order valence-corrected chi connectivity index (χ0v) is 10.8. The maximum absolute atomic E-state index is 5.13. The lowest BCUT2D eigenvalue weighted by Gasteiger charge is -2.13. The molecule has 0 bridgehead atoms. The largest absolute Gasteiger partial charge is 0.497 e. The van der Waals surface area contributed by atoms with E-state index in [1.54, 1.807) is 7.11 Å². The van der Waals surface area contributed by atoms with Gasteiger partial charge in [0, 0.05) is 12.6 Å². The van der Waals surface area contributed by atoms with Crippen LogP contribution in [0.1, 0.15) is 29.9 Å². The molecular weight excluding hydrogens is 230 g/mol. The highest BCUT2D eigenvalue weighted by atomic mass is 16.6. The Balaban J connectivity index is 1.94. The minimum Gasteiger partial charge on any atom is -0.497 e. The van der Waals surface area contributed by atoms with Crippen LogP contribution in [0, 0.1) is 6.92 Å². The fraction of sp³-hybridized carbons (Fsp3) is 0.385. The third-order valence-corrected chi connectivity index (χ3v) is 2.94. The number of aromatic nitrogens is 2. The van der Waals surface area contributed by atoms with Crippen LogP contribution >= 0.6 is 0 Å². The van der Waals surface area contributed by atoms with Gasteiger partial charge in [0.05, 0.1) is 7.11 Å². The van der Waals surface area contributed by atoms with Crippen molar-refractivity contribution in [2.75, 3.05) is 7.11 Å². The first kappa shape index (κ1) is 12.6. The van der Waals surface area contributed by atoms with Crippen molar-refractivity contribution in [1.82, 2.24) is 15.6 Å². The average Bonchev–Trinajstić information content (AvgIpc) is 2.81. The smallest absolute Gasteiger partial charge is 0.121 e. The predicted octanol–water partition coefficient (Wildman–Crippen LogP) is 2.24. The summed E-state index contributed by atoms with van der Waals surface area (Å²) in [7, 11) is 1.66. The molecular formula is C13H17N3O2. The van der Waals surface area contributed by atoms with Crippen molar-refractivity contribution in [3.8, 4) is 5.75 Å². The summed E-state index contributed by atoms with van der Waals surface area (Å²) in [6.07, 6.45) is 0. The van der Waals surface area contributed by atoms with Crippen LogP contribution in [0.2, 0.25) is 0 Å². The predicted molar refractivity (Wildman–Crippen MR) is 67.3 cm³/mol. The van der Waals surface area contributed by atoms with Crippen LogP contribution in [0.4, 0.5) is 0 Å². The van der Waals surface area contributed by atoms with E-state index >= 15 is 0 Å². The van der Waals surface area contributed by atoms with Gasteiger partial charge in [-0.05, 0) is 31.5 Å². The third kappa shape index (κ3) is 2.87. The molecule has 18 heavy (non-hydrogen) atoms. The molecule has 1 aromatic heterocycles. The van der Waals surface area contributed by atoms with Gasteiger partial charge in [0.25, 0.3) is 0 Å². The Hall–Kier alpha value is -1.88. The summed E-state index contributed by atoms with van der Waals surface area (Å²) in [6.45, 7) is 4.62. The second-order valence-electron chi connectivity index (χ2n) is 4.17. The zero-order valence-electron chi connectivity index (χ0n) is 10.8. The van der Waals surface area contributed by atoms with Gasteiger partial charge in [-0.1, -0.05) is 22.4 Å². The number of rotatable bonds is 5. The fourth-order valence-corrected chi connectivity index (χ4v) is 1.67. The summed E-state index contributed by atoms with van der Waals surface area (Å²) >= 11 is 0. The molecule has 2 rings (SSSR count). The summed E-state index contributed by atoms with van der Waals surface area (Å²) in [6, 6.07) is 8.23. The van der Waals surface area contributed by atoms with E-state index < -0.39 is 0 Å². The first-order valence-electron chi connectivity index (χ1n) is 5.86. The van der Waals surface area contributed by atoms with Crippen molar-refractivity contribution in [2.45, 2.75) is 26.4 Å². The molecule has 2 aromatic rings. The van der Waals surface area contributed by atoms with Crippen molar-refractivity contribution in [3.05, 3.63) is 41.2 Å². The molecule has 5 nitrogen and oxygen atoms in total. The molecule has 1 aromatic carbocycles. The highest BCUT2D eigenvalue weighted by Crippen LogP contribution is 2.17. The van der Waals surface area contributed by atoms with Crippen molar-refractivity contribution < 1.29 is 9.37 Å². The van der Waals surface area contributed by atoms with Gasteiger partial charge in [-0.15, -0.1) is 0 Å². The summed E-state index contributed by atoms with van der Waals surface area (Å²) in [5, 5.41) is 11.0. The molecule has 0 saturated carbocycles. The van der Waals surface area contributed by atoms with Crippen LogP contribution in [0.25, 0.3) is 0 Å². The van der Waals surface area contributed by atoms with Crippen LogP contribution in [-0.4, -0.2) is 17.4 Å². The molecule has 0 aliphatic rings. The third-order valence-electron chi connectivity index (χ3n) is 2.94. The van der Waals surface area contributed by atoms with E-state index in [9.17, 15) is 0 Å². The molecule has 0 aliphatic heterocycles. The lowest BCUT2D eigenvalue weighted by atomic mass is 10.1. The number of aryl methyl sites for hydroxylation is 1. The average molecular weight is 247 g/mol. The van der Waals surface area contributed by atoms with Gasteiger partial charge in [0.15, 0.2) is 0 Å². The van der Waals surface area contributed by atoms with Crippen LogP contribution < -0.4 is 10.1 Å². The lowest BCUT2D eigenvalue weighted by molar-refractivity contribution is 0.300. The van der Waals surface area contributed by atoms with Crippen molar-refractivity contribution in [2.24, 2.45) is 0 Å². The van der Waals surface area contributed by atoms with Gasteiger partial charge in [0.2, 0.25) is 0 Å². The van der Waals surface area contributed by atoms with Crippen LogP contribution in [-0.2, 0) is 6.54 Å². The monoisotopic (exact) mass is 247 g/mol. The molecule has 0 radical (unpaired) electrons. The number of benzene rings is 1. The van der Waals surface area contributed by atoms with E-state index in [0.29, 0.717) is 6.54 Å². The molecule has 1 N–H and O–H groups in total. The molecule has 0 saturated heterocycles. The van der Waals surface area contributed by atoms with Gasteiger partial charge in [-0.2, -0.15) is 0 Å². The Labute approximate surface area is 106 Å². The van der Waals surface area contributed by atoms with E-state index in [2.05, 4.69) is 27.2 Å². The molecule has 1 heterocycles. The van der Waals surface area contributed by atoms with Gasteiger partial charge >= 0.3 is 0 Å². The minimum atomic E-state index is 0.229. The van der Waals surface area contributed by atoms with Gasteiger partial charge in [0.1, 0.15) is 17.1 Å². The number of ether oxygens (including phenoxy) is 1. The molecule has 0 spiro atoms. The molecule has 96 valence electrons. The van der Waals surface area contributed by atoms with Gasteiger partial charge in [-0.25, -0.2) is 4.63 Å². The Bertz CT molecular complexity index is 493. The SMILES string of the molecule is COc1ccc([C@@H](C)NCc2nonc2C)cc1. The maximum Gasteiger partial charge on any atom is 0.121 e. The summed E-state index contributed by atoms with van der Waals surface area (Å²) in [5.74, 6) is 0.863. The second-order valence-corrected chi connectivity index (χ2v) is 4.17. The Morgan fingerprint density at radius 2 is 2.00 bits per heavy atom. The highest BCUT2D eigenvalue weighted by molar-refractivity contribution is 5.28. The normalized spacial score (nSPS) is 12.4. The fourth-order valence-electron chi connectivity index (χ4n) is 1.67. The number of hydrogen-bond acceptors (Lipinski definition) is 5. The Morgan fingerprint density at radius 3 is 2.56 bits per heavy atom. The van der Waals surface area contributed by atoms with E-state index in [0.717, 1.165) is 17.1 Å². The van der Waals surface area contributed by atoms with Crippen LogP contribution in [0.15, 0.2) is 28.9 Å². The quantitative estimate of drug-likeness (QED) is 0.878. The summed E-state index contributed by atoms with van der Waals surface area (Å²) in [5.41, 5.74) is 2.87. The van der Waals surface area contributed by atoms with E-state index in [4.69, 9.17) is 4.74 Å². The van der Waals surface area contributed by atoms with Crippen molar-refractivity contribution in [1.29, 1.82) is 0 Å². The maximum atomic E-state index is 5.13. The Morgan fingerprint density at radius 1 is 1.28 bits per heavy atom. The molecule has 0 unspecified atom stereocenters. The first-order chi connectivity index (χ1) is 8.70. The lowest BCUT2D eigenvalue weighted by Crippen LogP contribution is -2.18. The van der Waals surface area contributed by atoms with Gasteiger partial charge < -0.3 is 10.1 Å². The minimum absolute atomic E-state index is 0.229. The van der Waals surface area contributed by atoms with Crippen molar-refractivity contribution >= 4 is 0 Å². The zero-order chi connectivity index (χ0) is 13.0. The Kier molecular flexibility index (Phi) is 3.94. The summed E-state index contributed by atoms with van der Waals surface area (Å²) in [4.78, 5) is 0. The highest BCUT2D eigenvalue weighted by Gasteiger charge is 2.09. The van der Waals surface area contributed by atoms with E-state index in [1.807, 2.05) is 31.2 Å². The van der Waals surface area contributed by atoms with Gasteiger partial charge in [-0.3, -0.25) is 0 Å². The topological polar surface area (TPSA) is 60.2 Å². The number of hydrogen-bond donors (Lipinski definition) is 1. The summed E-state index contributed by atoms with van der Waals surface area (Å²) < 4.78 is 9.79. The molecule has 0 amide bonds. The van der Waals surface area contributed by atoms with Crippen molar-refractivity contribution in [3.63, 3.8) is 0 Å². The molecule has 0 aliphatic carbocycles. The van der Waals surface area contributed by atoms with Crippen LogP contribution in [0.5, 0.6) is 5.75 Å². The van der Waals surface area contributed by atoms with E-state index in [1.165, 1.54) is 5.56 Å². The van der Waals surface area contributed by atoms with Crippen LogP contribution in [0.3, 0.4) is 0 Å². The molecule has 5 heteroatoms. The molecule has 1 atom stereocenters. The number of nitrogens with one attached hydrogen (secondary N) is 1. The first-order valence-corrected chi connectivity index (χ1v) is 5.86.